The fourth-order valence-electron chi connectivity index (χ4n) is 6.71. The summed E-state index contributed by atoms with van der Waals surface area (Å²) in [5, 5.41) is 0. The summed E-state index contributed by atoms with van der Waals surface area (Å²) in [6, 6.07) is 9.88. The van der Waals surface area contributed by atoms with E-state index in [1.165, 1.54) is 51.6 Å². The highest BCUT2D eigenvalue weighted by molar-refractivity contribution is 7.86. The van der Waals surface area contributed by atoms with E-state index in [0.29, 0.717) is 25.7 Å². The molecule has 60 heavy (non-hydrogen) atoms. The zero-order valence-electron chi connectivity index (χ0n) is 39.4. The van der Waals surface area contributed by atoms with Crippen molar-refractivity contribution in [3.05, 3.63) is 35.9 Å². The fourth-order valence-corrected chi connectivity index (χ4v) is 7.68. The molecular weight excluding hydrogens is 783 g/mol. The topological polar surface area (TPSA) is 116 Å². The Hall–Kier alpha value is -1.68. The van der Waals surface area contributed by atoms with Gasteiger partial charge in [-0.25, -0.2) is 0 Å². The number of nitrogens with zero attached hydrogens (tertiary/aromatic N) is 3. The van der Waals surface area contributed by atoms with Gasteiger partial charge in [0.05, 0.1) is 56.4 Å². The molecule has 0 spiro atoms. The van der Waals surface area contributed by atoms with Crippen LogP contribution in [-0.2, 0) is 49.2 Å². The summed E-state index contributed by atoms with van der Waals surface area (Å²) in [4.78, 5) is 18.9. The van der Waals surface area contributed by atoms with Crippen molar-refractivity contribution in [2.45, 2.75) is 143 Å². The molecule has 352 valence electrons. The van der Waals surface area contributed by atoms with Crippen LogP contribution in [0.4, 0.5) is 0 Å². The molecule has 0 saturated carbocycles. The summed E-state index contributed by atoms with van der Waals surface area (Å²) in [5.41, 5.74) is 1.15. The van der Waals surface area contributed by atoms with E-state index < -0.39 is 10.1 Å². The van der Waals surface area contributed by atoms with Crippen LogP contribution in [0.1, 0.15) is 124 Å². The van der Waals surface area contributed by atoms with E-state index in [4.69, 9.17) is 27.9 Å². The van der Waals surface area contributed by atoms with Crippen LogP contribution in [0.25, 0.3) is 0 Å². The lowest BCUT2D eigenvalue weighted by atomic mass is 10.1. The highest BCUT2D eigenvalue weighted by atomic mass is 32.2. The van der Waals surface area contributed by atoms with Crippen LogP contribution in [-0.4, -0.2) is 159 Å². The number of esters is 1. The van der Waals surface area contributed by atoms with Crippen molar-refractivity contribution in [3.63, 3.8) is 0 Å². The highest BCUT2D eigenvalue weighted by Crippen LogP contribution is 2.15. The van der Waals surface area contributed by atoms with Crippen LogP contribution in [0.15, 0.2) is 30.3 Å². The zero-order chi connectivity index (χ0) is 44.3. The third kappa shape index (κ3) is 33.9. The monoisotopic (exact) mass is 872 g/mol. The third-order valence-electron chi connectivity index (χ3n) is 10.2. The number of hydrogen-bond acceptors (Lipinski definition) is 12. The number of ether oxygens (including phenoxy) is 5. The second-order valence-corrected chi connectivity index (χ2v) is 18.8. The Kier molecular flexibility index (Phi) is 34.5. The number of benzene rings is 1. The number of likely N-dealkylation sites (tertiary alicyclic amines) is 2. The molecule has 3 saturated heterocycles. The van der Waals surface area contributed by atoms with Gasteiger partial charge in [0.2, 0.25) is 0 Å². The van der Waals surface area contributed by atoms with E-state index in [1.54, 1.807) is 0 Å². The second-order valence-electron chi connectivity index (χ2n) is 17.0. The molecule has 0 bridgehead atoms. The van der Waals surface area contributed by atoms with Crippen LogP contribution in [0.5, 0.6) is 0 Å². The van der Waals surface area contributed by atoms with Gasteiger partial charge in [0.25, 0.3) is 10.1 Å². The summed E-state index contributed by atoms with van der Waals surface area (Å²) >= 11 is 0. The molecule has 0 amide bonds. The average molecular weight is 872 g/mol. The summed E-state index contributed by atoms with van der Waals surface area (Å²) in [6.45, 7) is 24.7. The molecule has 13 heteroatoms. The van der Waals surface area contributed by atoms with Gasteiger partial charge in [-0.15, -0.1) is 0 Å². The fraction of sp³-hybridized carbons (Fsp3) is 0.851. The molecule has 3 heterocycles. The first-order valence-corrected chi connectivity index (χ1v) is 25.0. The van der Waals surface area contributed by atoms with E-state index in [1.807, 2.05) is 72.1 Å². The van der Waals surface area contributed by atoms with E-state index in [9.17, 15) is 13.2 Å². The summed E-state index contributed by atoms with van der Waals surface area (Å²) in [7, 11) is 0.650. The number of unbranched alkanes of at least 4 members (excludes halogenated alkanes) is 1. The van der Waals surface area contributed by atoms with Crippen molar-refractivity contribution >= 4 is 16.1 Å². The lowest BCUT2D eigenvalue weighted by Crippen LogP contribution is -2.36. The molecule has 0 radical (unpaired) electrons. The van der Waals surface area contributed by atoms with Gasteiger partial charge in [-0.05, 0) is 151 Å². The smallest absolute Gasteiger partial charge is 0.309 e. The van der Waals surface area contributed by atoms with Crippen molar-refractivity contribution in [3.8, 4) is 0 Å². The van der Waals surface area contributed by atoms with Gasteiger partial charge in [-0.1, -0.05) is 50.1 Å². The van der Waals surface area contributed by atoms with E-state index in [0.717, 1.165) is 103 Å². The second kappa shape index (κ2) is 36.8. The van der Waals surface area contributed by atoms with E-state index in [-0.39, 0.29) is 36.5 Å². The first-order chi connectivity index (χ1) is 28.8. The lowest BCUT2D eigenvalue weighted by Gasteiger charge is -2.28. The van der Waals surface area contributed by atoms with Gasteiger partial charge in [-0.2, -0.15) is 8.42 Å². The largest absolute Gasteiger partial charge is 0.465 e. The number of piperidine rings is 2. The minimum atomic E-state index is -3.43. The summed E-state index contributed by atoms with van der Waals surface area (Å²) < 4.78 is 55.5. The van der Waals surface area contributed by atoms with Crippen molar-refractivity contribution in [2.75, 3.05) is 112 Å². The molecule has 4 rings (SSSR count). The van der Waals surface area contributed by atoms with Crippen LogP contribution in [0.2, 0.25) is 0 Å². The van der Waals surface area contributed by atoms with Crippen molar-refractivity contribution in [1.29, 1.82) is 0 Å². The predicted molar refractivity (Wildman–Crippen MR) is 245 cm³/mol. The van der Waals surface area contributed by atoms with E-state index in [2.05, 4.69) is 28.5 Å². The van der Waals surface area contributed by atoms with Gasteiger partial charge < -0.3 is 38.4 Å². The van der Waals surface area contributed by atoms with Crippen LogP contribution >= 0.6 is 0 Å². The Morgan fingerprint density at radius 3 is 1.98 bits per heavy atom. The molecule has 12 nitrogen and oxygen atoms in total. The van der Waals surface area contributed by atoms with Gasteiger partial charge in [0.15, 0.2) is 0 Å². The van der Waals surface area contributed by atoms with Gasteiger partial charge in [0, 0.05) is 39.5 Å². The maximum absolute atomic E-state index is 11.9. The minimum Gasteiger partial charge on any atom is -0.465 e. The Morgan fingerprint density at radius 1 is 0.783 bits per heavy atom. The summed E-state index contributed by atoms with van der Waals surface area (Å²) in [6.07, 6.45) is 14.8. The normalized spacial score (nSPS) is 18.1. The predicted octanol–water partition coefficient (Wildman–Crippen LogP) is 7.87. The Bertz CT molecular complexity index is 1220. The highest BCUT2D eigenvalue weighted by Gasteiger charge is 2.20. The molecule has 0 aliphatic carbocycles. The molecule has 1 aromatic rings. The van der Waals surface area contributed by atoms with Gasteiger partial charge in [0.1, 0.15) is 0 Å². The molecule has 3 aliphatic rings. The standard InChI is InChI=1S/C16H31NO3.C15H22O4S.C10H21NO.C6H15NO/c1-14(2)19-11-7-8-12-20-16(18)15(3)13-17-9-5-4-6-10-17;16-20(17,19-13-15-10-4-5-11-18-15)12-6-9-14-7-2-1-3-8-14;1-10(2)12-9-8-11-6-4-3-5-7-11;1-4-8-6-5-7(2)3/h14-15H,4-13H2,1-3H3;1-3,7-8,15H,4-6,9-13H2;10H,3-9H2,1-2H3;4-6H2,1-3H3. The van der Waals surface area contributed by atoms with Crippen molar-refractivity contribution in [2.24, 2.45) is 5.92 Å². The van der Waals surface area contributed by atoms with E-state index >= 15 is 0 Å². The summed E-state index contributed by atoms with van der Waals surface area (Å²) in [5.74, 6) is -0.00500. The number of aryl methyl sites for hydroxylation is 1. The molecule has 0 aromatic heterocycles. The van der Waals surface area contributed by atoms with Crippen molar-refractivity contribution < 1.29 is 41.1 Å². The first-order valence-electron chi connectivity index (χ1n) is 23.4. The lowest BCUT2D eigenvalue weighted by molar-refractivity contribution is -0.148. The number of likely N-dealkylation sites (N-methyl/N-ethyl adjacent to an activating group) is 1. The molecule has 3 aliphatic heterocycles. The number of carbonyl (C=O) groups excluding carboxylic acids is 1. The average Bonchev–Trinajstić information content (AvgIpc) is 3.23. The van der Waals surface area contributed by atoms with Gasteiger partial charge in [-0.3, -0.25) is 8.98 Å². The zero-order valence-corrected chi connectivity index (χ0v) is 40.2. The minimum absolute atomic E-state index is 0.0139. The molecule has 1 aromatic carbocycles. The molecule has 2 unspecified atom stereocenters. The number of carbonyl (C=O) groups is 1. The van der Waals surface area contributed by atoms with Crippen LogP contribution in [0.3, 0.4) is 0 Å². The van der Waals surface area contributed by atoms with Gasteiger partial charge >= 0.3 is 5.97 Å². The Morgan fingerprint density at radius 2 is 1.40 bits per heavy atom. The number of hydrogen-bond donors (Lipinski definition) is 0. The maximum Gasteiger partial charge on any atom is 0.309 e. The Labute approximate surface area is 367 Å². The SMILES string of the molecule is CC(C)OCCCCOC(=O)C(C)CN1CCCCC1.CC(C)OCCN1CCCCC1.CCOCCN(C)C.O=S(=O)(CCCc1ccccc1)OCC1CCCCO1. The molecular formula is C47H89N3O9S. The molecule has 3 fully saturated rings. The third-order valence-corrected chi connectivity index (χ3v) is 11.5. The van der Waals surface area contributed by atoms with Crippen LogP contribution < -0.4 is 0 Å². The molecule has 0 N–H and O–H groups in total. The Balaban J connectivity index is 0.000000423. The maximum atomic E-state index is 11.9. The first kappa shape index (κ1) is 56.3. The van der Waals surface area contributed by atoms with Crippen LogP contribution in [0, 0.1) is 5.92 Å². The molecule has 2 atom stereocenters. The van der Waals surface area contributed by atoms with Crippen molar-refractivity contribution in [1.82, 2.24) is 14.7 Å². The quantitative estimate of drug-likeness (QED) is 0.0572. The number of rotatable bonds is 24.